The summed E-state index contributed by atoms with van der Waals surface area (Å²) in [7, 11) is -4.01. The van der Waals surface area contributed by atoms with E-state index in [0.29, 0.717) is 18.9 Å². The molecular formula is C12H14F3NO3S. The molecule has 0 bridgehead atoms. The Morgan fingerprint density at radius 3 is 2.65 bits per heavy atom. The van der Waals surface area contributed by atoms with Crippen molar-refractivity contribution in [3.05, 3.63) is 29.8 Å². The van der Waals surface area contributed by atoms with Gasteiger partial charge in [-0.2, -0.15) is 17.5 Å². The molecule has 1 aliphatic rings. The van der Waals surface area contributed by atoms with Gasteiger partial charge < -0.3 is 5.11 Å². The standard InChI is InChI=1S/C12H14F3NO3S/c13-12(14,15)9-3-1-5-11(7-9)20(18,19)16-6-2-4-10(16)8-17/h1,3,5,7,10,17H,2,4,6,8H2/t10-/m0/s1. The van der Waals surface area contributed by atoms with Crippen LogP contribution >= 0.6 is 0 Å². The Labute approximate surface area is 114 Å². The van der Waals surface area contributed by atoms with Crippen molar-refractivity contribution in [2.24, 2.45) is 0 Å². The molecule has 1 fully saturated rings. The van der Waals surface area contributed by atoms with Gasteiger partial charge in [0.05, 0.1) is 17.1 Å². The van der Waals surface area contributed by atoms with Crippen molar-refractivity contribution in [3.63, 3.8) is 0 Å². The van der Waals surface area contributed by atoms with Gasteiger partial charge in [-0.3, -0.25) is 0 Å². The Balaban J connectivity index is 2.40. The molecule has 2 rings (SSSR count). The zero-order valence-electron chi connectivity index (χ0n) is 10.5. The van der Waals surface area contributed by atoms with Crippen molar-refractivity contribution in [1.29, 1.82) is 0 Å². The number of halogens is 3. The van der Waals surface area contributed by atoms with Gasteiger partial charge in [-0.05, 0) is 31.0 Å². The normalized spacial score (nSPS) is 21.3. The lowest BCUT2D eigenvalue weighted by Gasteiger charge is -2.22. The van der Waals surface area contributed by atoms with Crippen LogP contribution in [0.1, 0.15) is 18.4 Å². The number of alkyl halides is 3. The van der Waals surface area contributed by atoms with E-state index in [-0.39, 0.29) is 13.2 Å². The second-order valence-electron chi connectivity index (χ2n) is 4.62. The zero-order chi connectivity index (χ0) is 15.0. The fourth-order valence-electron chi connectivity index (χ4n) is 2.28. The van der Waals surface area contributed by atoms with Crippen molar-refractivity contribution in [3.8, 4) is 0 Å². The van der Waals surface area contributed by atoms with E-state index in [4.69, 9.17) is 5.11 Å². The highest BCUT2D eigenvalue weighted by Crippen LogP contribution is 2.32. The van der Waals surface area contributed by atoms with Crippen molar-refractivity contribution in [2.45, 2.75) is 30.0 Å². The topological polar surface area (TPSA) is 57.6 Å². The molecule has 4 nitrogen and oxygen atoms in total. The predicted molar refractivity (Wildman–Crippen MR) is 65.4 cm³/mol. The number of rotatable bonds is 3. The SMILES string of the molecule is O=S(=O)(c1cccc(C(F)(F)F)c1)N1CCC[C@H]1CO. The maximum absolute atomic E-state index is 12.6. The van der Waals surface area contributed by atoms with Crippen molar-refractivity contribution < 1.29 is 26.7 Å². The van der Waals surface area contributed by atoms with Gasteiger partial charge in [0.25, 0.3) is 0 Å². The Morgan fingerprint density at radius 2 is 2.05 bits per heavy atom. The first kappa shape index (κ1) is 15.3. The van der Waals surface area contributed by atoms with Gasteiger partial charge in [-0.25, -0.2) is 8.42 Å². The van der Waals surface area contributed by atoms with Gasteiger partial charge in [0, 0.05) is 12.6 Å². The van der Waals surface area contributed by atoms with Gasteiger partial charge >= 0.3 is 6.18 Å². The molecule has 1 heterocycles. The van der Waals surface area contributed by atoms with Crippen LogP contribution in [0.2, 0.25) is 0 Å². The highest BCUT2D eigenvalue weighted by atomic mass is 32.2. The van der Waals surface area contributed by atoms with E-state index in [2.05, 4.69) is 0 Å². The Morgan fingerprint density at radius 1 is 1.35 bits per heavy atom. The minimum Gasteiger partial charge on any atom is -0.395 e. The summed E-state index contributed by atoms with van der Waals surface area (Å²) in [6.45, 7) is -0.123. The maximum Gasteiger partial charge on any atom is 0.416 e. The third-order valence-electron chi connectivity index (χ3n) is 3.30. The van der Waals surface area contributed by atoms with Crippen LogP contribution < -0.4 is 0 Å². The van der Waals surface area contributed by atoms with Crippen molar-refractivity contribution in [2.75, 3.05) is 13.2 Å². The third kappa shape index (κ3) is 2.82. The number of nitrogens with zero attached hydrogens (tertiary/aromatic N) is 1. The largest absolute Gasteiger partial charge is 0.416 e. The van der Waals surface area contributed by atoms with Crippen LogP contribution in [0, 0.1) is 0 Å². The van der Waals surface area contributed by atoms with E-state index in [1.165, 1.54) is 0 Å². The summed E-state index contributed by atoms with van der Waals surface area (Å²) in [5.41, 5.74) is -1.00. The van der Waals surface area contributed by atoms with Crippen LogP contribution in [-0.4, -0.2) is 37.0 Å². The molecule has 0 saturated carbocycles. The lowest BCUT2D eigenvalue weighted by Crippen LogP contribution is -2.37. The molecule has 0 aromatic heterocycles. The molecule has 0 spiro atoms. The third-order valence-corrected chi connectivity index (χ3v) is 5.25. The van der Waals surface area contributed by atoms with Crippen LogP contribution in [-0.2, 0) is 16.2 Å². The van der Waals surface area contributed by atoms with E-state index in [9.17, 15) is 21.6 Å². The average molecular weight is 309 g/mol. The Kier molecular flexibility index (Phi) is 4.08. The predicted octanol–water partition coefficient (Wildman–Crippen LogP) is 1.85. The molecule has 112 valence electrons. The molecular weight excluding hydrogens is 295 g/mol. The van der Waals surface area contributed by atoms with Gasteiger partial charge in [-0.1, -0.05) is 6.07 Å². The quantitative estimate of drug-likeness (QED) is 0.927. The molecule has 0 radical (unpaired) electrons. The van der Waals surface area contributed by atoms with E-state index in [1.807, 2.05) is 0 Å². The molecule has 0 amide bonds. The first-order valence-corrected chi connectivity index (χ1v) is 7.51. The van der Waals surface area contributed by atoms with E-state index in [0.717, 1.165) is 22.5 Å². The summed E-state index contributed by atoms with van der Waals surface area (Å²) < 4.78 is 63.6. The first-order chi connectivity index (χ1) is 9.26. The minimum atomic E-state index is -4.59. The van der Waals surface area contributed by atoms with Crippen molar-refractivity contribution >= 4 is 10.0 Å². The molecule has 1 aromatic carbocycles. The summed E-state index contributed by atoms with van der Waals surface area (Å²) in [6, 6.07) is 3.10. The summed E-state index contributed by atoms with van der Waals surface area (Å²) in [5.74, 6) is 0. The molecule has 8 heteroatoms. The second-order valence-corrected chi connectivity index (χ2v) is 6.51. The van der Waals surface area contributed by atoms with E-state index >= 15 is 0 Å². The summed E-state index contributed by atoms with van der Waals surface area (Å²) >= 11 is 0. The molecule has 1 N–H and O–H groups in total. The molecule has 1 saturated heterocycles. The van der Waals surface area contributed by atoms with Gasteiger partial charge in [0.1, 0.15) is 0 Å². The van der Waals surface area contributed by atoms with Gasteiger partial charge in [0.2, 0.25) is 10.0 Å². The monoisotopic (exact) mass is 309 g/mol. The number of hydrogen-bond donors (Lipinski definition) is 1. The molecule has 0 unspecified atom stereocenters. The zero-order valence-corrected chi connectivity index (χ0v) is 11.3. The Hall–Kier alpha value is -1.12. The molecule has 0 aliphatic carbocycles. The Bertz CT molecular complexity index is 586. The van der Waals surface area contributed by atoms with E-state index in [1.54, 1.807) is 0 Å². The maximum atomic E-state index is 12.6. The number of sulfonamides is 1. The van der Waals surface area contributed by atoms with Crippen molar-refractivity contribution in [1.82, 2.24) is 4.31 Å². The smallest absolute Gasteiger partial charge is 0.395 e. The van der Waals surface area contributed by atoms with Crippen LogP contribution in [0.15, 0.2) is 29.2 Å². The molecule has 1 atom stereocenters. The van der Waals surface area contributed by atoms with E-state index < -0.39 is 32.7 Å². The van der Waals surface area contributed by atoms with Crippen LogP contribution in [0.3, 0.4) is 0 Å². The highest BCUT2D eigenvalue weighted by molar-refractivity contribution is 7.89. The second kappa shape index (κ2) is 5.34. The molecule has 20 heavy (non-hydrogen) atoms. The first-order valence-electron chi connectivity index (χ1n) is 6.07. The summed E-state index contributed by atoms with van der Waals surface area (Å²) in [5, 5.41) is 9.14. The highest BCUT2D eigenvalue weighted by Gasteiger charge is 2.37. The number of aliphatic hydroxyl groups excluding tert-OH is 1. The fraction of sp³-hybridized carbons (Fsp3) is 0.500. The van der Waals surface area contributed by atoms with Crippen LogP contribution in [0.25, 0.3) is 0 Å². The molecule has 1 aromatic rings. The lowest BCUT2D eigenvalue weighted by molar-refractivity contribution is -0.137. The number of benzene rings is 1. The minimum absolute atomic E-state index is 0.212. The fourth-order valence-corrected chi connectivity index (χ4v) is 4.01. The number of aliphatic hydroxyl groups is 1. The average Bonchev–Trinajstić information content (AvgIpc) is 2.87. The summed E-state index contributed by atoms with van der Waals surface area (Å²) in [4.78, 5) is -0.396. The number of hydrogen-bond acceptors (Lipinski definition) is 3. The van der Waals surface area contributed by atoms with Crippen LogP contribution in [0.5, 0.6) is 0 Å². The lowest BCUT2D eigenvalue weighted by atomic mass is 10.2. The summed E-state index contributed by atoms with van der Waals surface area (Å²) in [6.07, 6.45) is -3.50. The van der Waals surface area contributed by atoms with Gasteiger partial charge in [0.15, 0.2) is 0 Å². The van der Waals surface area contributed by atoms with Crippen LogP contribution in [0.4, 0.5) is 13.2 Å². The van der Waals surface area contributed by atoms with Gasteiger partial charge in [-0.15, -0.1) is 0 Å². The molecule has 1 aliphatic heterocycles.